The maximum atomic E-state index is 2.12. The molecule has 0 N–H and O–H groups in total. The van der Waals surface area contributed by atoms with E-state index in [0.717, 1.165) is 0 Å². The average Bonchev–Trinajstić information content (AvgIpc) is 2.86. The summed E-state index contributed by atoms with van der Waals surface area (Å²) in [5.74, 6) is 0. The highest BCUT2D eigenvalue weighted by molar-refractivity contribution is 5.34. The molecule has 0 rings (SSSR count). The van der Waals surface area contributed by atoms with E-state index in [4.69, 9.17) is 0 Å². The summed E-state index contributed by atoms with van der Waals surface area (Å²) in [6.45, 7) is 21.1. The molecular formula is C40H52. The van der Waals surface area contributed by atoms with E-state index in [-0.39, 0.29) is 0 Å². The third kappa shape index (κ3) is 24.4. The van der Waals surface area contributed by atoms with Crippen molar-refractivity contribution in [3.8, 4) is 0 Å². The van der Waals surface area contributed by atoms with Crippen molar-refractivity contribution in [2.75, 3.05) is 0 Å². The predicted molar refractivity (Wildman–Crippen MR) is 185 cm³/mol. The summed E-state index contributed by atoms with van der Waals surface area (Å²) in [4.78, 5) is 0. The van der Waals surface area contributed by atoms with Crippen molar-refractivity contribution >= 4 is 0 Å². The van der Waals surface area contributed by atoms with E-state index in [2.05, 4.69) is 203 Å². The van der Waals surface area contributed by atoms with Crippen molar-refractivity contribution < 1.29 is 0 Å². The van der Waals surface area contributed by atoms with Gasteiger partial charge in [-0.15, -0.1) is 0 Å². The van der Waals surface area contributed by atoms with E-state index in [1.54, 1.807) is 0 Å². The first kappa shape index (κ1) is 36.1. The summed E-state index contributed by atoms with van der Waals surface area (Å²) in [5.41, 5.74) is 9.88. The van der Waals surface area contributed by atoms with Crippen LogP contribution in [0.25, 0.3) is 0 Å². The number of rotatable bonds is 14. The van der Waals surface area contributed by atoms with Crippen molar-refractivity contribution in [2.24, 2.45) is 0 Å². The van der Waals surface area contributed by atoms with Gasteiger partial charge in [-0.05, 0) is 69.2 Å². The Morgan fingerprint density at radius 2 is 0.400 bits per heavy atom. The van der Waals surface area contributed by atoms with E-state index in [1.807, 2.05) is 0 Å². The van der Waals surface area contributed by atoms with Gasteiger partial charge in [0.2, 0.25) is 0 Å². The third-order valence-corrected chi connectivity index (χ3v) is 5.28. The first-order chi connectivity index (χ1) is 19.0. The molecule has 0 heteroatoms. The van der Waals surface area contributed by atoms with Crippen molar-refractivity contribution in [1.82, 2.24) is 0 Å². The zero-order valence-corrected chi connectivity index (χ0v) is 26.7. The quantitative estimate of drug-likeness (QED) is 0.195. The molecule has 0 heterocycles. The summed E-state index contributed by atoms with van der Waals surface area (Å²) in [5, 5.41) is 0. The van der Waals surface area contributed by atoms with Gasteiger partial charge in [-0.3, -0.25) is 0 Å². The van der Waals surface area contributed by atoms with Gasteiger partial charge in [-0.25, -0.2) is 0 Å². The van der Waals surface area contributed by atoms with Gasteiger partial charge in [-0.2, -0.15) is 0 Å². The molecule has 0 aromatic heterocycles. The Morgan fingerprint density at radius 3 is 0.600 bits per heavy atom. The van der Waals surface area contributed by atoms with E-state index in [9.17, 15) is 0 Å². The Bertz CT molecular complexity index is 1130. The molecule has 0 aromatic rings. The minimum atomic E-state index is 1.20. The van der Waals surface area contributed by atoms with E-state index in [0.29, 0.717) is 0 Å². The molecule has 0 saturated heterocycles. The van der Waals surface area contributed by atoms with Crippen molar-refractivity contribution in [3.63, 3.8) is 0 Å². The van der Waals surface area contributed by atoms with Crippen LogP contribution >= 0.6 is 0 Å². The van der Waals surface area contributed by atoms with Crippen LogP contribution in [0.2, 0.25) is 0 Å². The van der Waals surface area contributed by atoms with Crippen LogP contribution < -0.4 is 0 Å². The van der Waals surface area contributed by atoms with Crippen LogP contribution in [-0.4, -0.2) is 0 Å². The Morgan fingerprint density at radius 1 is 0.225 bits per heavy atom. The maximum absolute atomic E-state index is 2.12. The Labute approximate surface area is 247 Å². The van der Waals surface area contributed by atoms with Crippen LogP contribution in [0.1, 0.15) is 69.2 Å². The molecule has 0 amide bonds. The number of allylic oxidation sites excluding steroid dienone is 30. The summed E-state index contributed by atoms with van der Waals surface area (Å²) in [6, 6.07) is 0. The van der Waals surface area contributed by atoms with Gasteiger partial charge in [0, 0.05) is 0 Å². The van der Waals surface area contributed by atoms with Crippen molar-refractivity contribution in [2.45, 2.75) is 69.2 Å². The van der Waals surface area contributed by atoms with Gasteiger partial charge >= 0.3 is 0 Å². The fraction of sp³-hybridized carbons (Fsp3) is 0.250. The molecule has 0 saturated carbocycles. The maximum Gasteiger partial charge on any atom is -0.0398 e. The van der Waals surface area contributed by atoms with Crippen LogP contribution in [-0.2, 0) is 0 Å². The summed E-state index contributed by atoms with van der Waals surface area (Å²) < 4.78 is 0. The Kier molecular flexibility index (Phi) is 20.8. The SMILES string of the molecule is CC(C)=C/C=C/C(C)=C/C=C/C(C)=C/C=C/C(C)=C/C=C/C=C(C)/C=C/C=C(C)/C=C/C=C(C)/C=C/C=C(C)C. The van der Waals surface area contributed by atoms with E-state index < -0.39 is 0 Å². The van der Waals surface area contributed by atoms with Crippen LogP contribution in [0.5, 0.6) is 0 Å². The minimum Gasteiger partial charge on any atom is -0.0764 e. The topological polar surface area (TPSA) is 0 Å². The van der Waals surface area contributed by atoms with Gasteiger partial charge in [0.15, 0.2) is 0 Å². The lowest BCUT2D eigenvalue weighted by molar-refractivity contribution is 1.39. The van der Waals surface area contributed by atoms with Crippen molar-refractivity contribution in [1.29, 1.82) is 0 Å². The lowest BCUT2D eigenvalue weighted by Gasteiger charge is -1.91. The molecule has 0 aromatic carbocycles. The summed E-state index contributed by atoms with van der Waals surface area (Å²) in [6.07, 6.45) is 46.4. The van der Waals surface area contributed by atoms with Crippen molar-refractivity contribution in [3.05, 3.63) is 178 Å². The lowest BCUT2D eigenvalue weighted by Crippen LogP contribution is -1.70. The largest absolute Gasteiger partial charge is 0.0764 e. The smallest absolute Gasteiger partial charge is 0.0398 e. The van der Waals surface area contributed by atoms with E-state index in [1.165, 1.54) is 44.6 Å². The van der Waals surface area contributed by atoms with Gasteiger partial charge in [0.1, 0.15) is 0 Å². The molecule has 0 aliphatic heterocycles. The Balaban J connectivity index is 4.81. The normalized spacial score (nSPS) is 15.4. The molecule has 0 fully saturated rings. The van der Waals surface area contributed by atoms with Gasteiger partial charge in [0.25, 0.3) is 0 Å². The highest BCUT2D eigenvalue weighted by atomic mass is 13.9. The zero-order chi connectivity index (χ0) is 30.2. The second kappa shape index (κ2) is 23.0. The molecule has 0 spiro atoms. The average molecular weight is 533 g/mol. The fourth-order valence-electron chi connectivity index (χ4n) is 2.94. The van der Waals surface area contributed by atoms with E-state index >= 15 is 0 Å². The molecule has 0 nitrogen and oxygen atoms in total. The Hall–Kier alpha value is -3.90. The first-order valence-electron chi connectivity index (χ1n) is 14.0. The standard InChI is InChI=1S/C40H52/c1-33(2)19-13-23-37(7)27-17-31-39(9)29-15-25-35(5)21-11-12-22-36(6)26-16-30-40(10)32-18-28-38(8)24-14-20-34(3)4/h11-32H,1-10H3/b12-11+,23-13+,24-14+,25-15+,26-16+,31-17+,32-18+,35-21+,36-22+,37-27+,38-28+,39-29+,40-30+. The highest BCUT2D eigenvalue weighted by Gasteiger charge is 1.83. The minimum absolute atomic E-state index is 1.20. The fourth-order valence-corrected chi connectivity index (χ4v) is 2.94. The molecule has 0 aliphatic carbocycles. The molecule has 212 valence electrons. The lowest BCUT2D eigenvalue weighted by atomic mass is 10.2. The molecule has 0 radical (unpaired) electrons. The van der Waals surface area contributed by atoms with Crippen LogP contribution in [0.15, 0.2) is 178 Å². The molecule has 0 bridgehead atoms. The second-order valence-electron chi connectivity index (χ2n) is 10.5. The molecular weight excluding hydrogens is 480 g/mol. The van der Waals surface area contributed by atoms with Gasteiger partial charge in [-0.1, -0.05) is 178 Å². The van der Waals surface area contributed by atoms with Crippen LogP contribution in [0.3, 0.4) is 0 Å². The summed E-state index contributed by atoms with van der Waals surface area (Å²) >= 11 is 0. The third-order valence-electron chi connectivity index (χ3n) is 5.28. The van der Waals surface area contributed by atoms with Crippen LogP contribution in [0, 0.1) is 0 Å². The summed E-state index contributed by atoms with van der Waals surface area (Å²) in [7, 11) is 0. The van der Waals surface area contributed by atoms with Gasteiger partial charge < -0.3 is 0 Å². The second-order valence-corrected chi connectivity index (χ2v) is 10.5. The molecule has 0 unspecified atom stereocenters. The number of hydrogen-bond acceptors (Lipinski definition) is 0. The number of hydrogen-bond donors (Lipinski definition) is 0. The molecule has 0 atom stereocenters. The predicted octanol–water partition coefficient (Wildman–Crippen LogP) is 12.5. The highest BCUT2D eigenvalue weighted by Crippen LogP contribution is 2.04. The molecule has 0 aliphatic rings. The monoisotopic (exact) mass is 532 g/mol. The van der Waals surface area contributed by atoms with Crippen LogP contribution in [0.4, 0.5) is 0 Å². The van der Waals surface area contributed by atoms with Gasteiger partial charge in [0.05, 0.1) is 0 Å². The molecule has 40 heavy (non-hydrogen) atoms. The zero-order valence-electron chi connectivity index (χ0n) is 26.7. The first-order valence-corrected chi connectivity index (χ1v) is 14.0.